The van der Waals surface area contributed by atoms with Crippen LogP contribution in [-0.4, -0.2) is 58.2 Å². The van der Waals surface area contributed by atoms with E-state index in [0.29, 0.717) is 17.4 Å². The fraction of sp³-hybridized carbons (Fsp3) is 0.263. The normalized spacial score (nSPS) is 11.6. The first-order valence-corrected chi connectivity index (χ1v) is 11.5. The molecule has 3 rings (SSSR count). The van der Waals surface area contributed by atoms with E-state index in [4.69, 9.17) is 0 Å². The topological polar surface area (TPSA) is 110 Å². The summed E-state index contributed by atoms with van der Waals surface area (Å²) < 4.78 is 27.3. The zero-order valence-electron chi connectivity index (χ0n) is 16.8. The molecule has 0 radical (unpaired) electrons. The Morgan fingerprint density at radius 2 is 1.77 bits per heavy atom. The average Bonchev–Trinajstić information content (AvgIpc) is 3.16. The molecule has 0 aliphatic carbocycles. The molecule has 1 amide bonds. The summed E-state index contributed by atoms with van der Waals surface area (Å²) >= 11 is 1.28. The standard InChI is InChI=1S/C19H22N6O3S2/c1-4-25-18(14-9-11-20-12-10-14)22-23-19(25)29-13-17(26)21-15-5-7-16(8-6-15)30(27,28)24(2)3/h5-12H,4,13H2,1-3H3,(H,21,26). The van der Waals surface area contributed by atoms with Crippen LogP contribution in [0.5, 0.6) is 0 Å². The van der Waals surface area contributed by atoms with Gasteiger partial charge in [0.2, 0.25) is 15.9 Å². The molecule has 11 heteroatoms. The monoisotopic (exact) mass is 446 g/mol. The first-order chi connectivity index (χ1) is 14.3. The van der Waals surface area contributed by atoms with Crippen molar-refractivity contribution >= 4 is 33.4 Å². The Balaban J connectivity index is 1.63. The van der Waals surface area contributed by atoms with Crippen molar-refractivity contribution in [3.8, 4) is 11.4 Å². The lowest BCUT2D eigenvalue weighted by Gasteiger charge is -2.12. The van der Waals surface area contributed by atoms with Crippen LogP contribution >= 0.6 is 11.8 Å². The van der Waals surface area contributed by atoms with E-state index in [1.165, 1.54) is 38.0 Å². The first kappa shape index (κ1) is 21.9. The molecule has 0 saturated heterocycles. The Morgan fingerprint density at radius 1 is 1.10 bits per heavy atom. The molecule has 0 spiro atoms. The van der Waals surface area contributed by atoms with Gasteiger partial charge in [-0.2, -0.15) is 0 Å². The number of rotatable bonds is 8. The third kappa shape index (κ3) is 4.86. The third-order valence-electron chi connectivity index (χ3n) is 4.22. The van der Waals surface area contributed by atoms with Gasteiger partial charge in [0.1, 0.15) is 0 Å². The summed E-state index contributed by atoms with van der Waals surface area (Å²) in [6.07, 6.45) is 3.39. The van der Waals surface area contributed by atoms with Gasteiger partial charge in [0.25, 0.3) is 0 Å². The van der Waals surface area contributed by atoms with Crippen molar-refractivity contribution in [2.24, 2.45) is 0 Å². The molecule has 0 fully saturated rings. The number of thioether (sulfide) groups is 1. The summed E-state index contributed by atoms with van der Waals surface area (Å²) in [5.41, 5.74) is 1.43. The van der Waals surface area contributed by atoms with Gasteiger partial charge in [-0.25, -0.2) is 12.7 Å². The van der Waals surface area contributed by atoms with Crippen molar-refractivity contribution in [3.63, 3.8) is 0 Å². The van der Waals surface area contributed by atoms with Gasteiger partial charge in [0, 0.05) is 44.3 Å². The lowest BCUT2D eigenvalue weighted by Crippen LogP contribution is -2.22. The van der Waals surface area contributed by atoms with Gasteiger partial charge in [-0.3, -0.25) is 9.78 Å². The molecule has 9 nitrogen and oxygen atoms in total. The zero-order valence-corrected chi connectivity index (χ0v) is 18.4. The molecule has 1 aromatic carbocycles. The molecule has 3 aromatic rings. The molecule has 0 atom stereocenters. The molecule has 2 aromatic heterocycles. The summed E-state index contributed by atoms with van der Waals surface area (Å²) in [4.78, 5) is 16.5. The number of anilines is 1. The highest BCUT2D eigenvalue weighted by molar-refractivity contribution is 7.99. The van der Waals surface area contributed by atoms with Crippen LogP contribution in [0.25, 0.3) is 11.4 Å². The van der Waals surface area contributed by atoms with Crippen LogP contribution in [0.2, 0.25) is 0 Å². The van der Waals surface area contributed by atoms with Crippen LogP contribution in [0.1, 0.15) is 6.92 Å². The van der Waals surface area contributed by atoms with E-state index in [1.54, 1.807) is 24.5 Å². The minimum absolute atomic E-state index is 0.145. The number of carbonyl (C=O) groups is 1. The average molecular weight is 447 g/mol. The Kier molecular flexibility index (Phi) is 6.85. The number of nitrogens with zero attached hydrogens (tertiary/aromatic N) is 5. The van der Waals surface area contributed by atoms with Crippen LogP contribution in [-0.2, 0) is 21.4 Å². The number of amides is 1. The molecule has 0 aliphatic rings. The quantitative estimate of drug-likeness (QED) is 0.529. The molecule has 30 heavy (non-hydrogen) atoms. The first-order valence-electron chi connectivity index (χ1n) is 9.11. The number of hydrogen-bond donors (Lipinski definition) is 1. The molecule has 2 heterocycles. The number of hydrogen-bond acceptors (Lipinski definition) is 7. The molecule has 1 N–H and O–H groups in total. The van der Waals surface area contributed by atoms with Crippen LogP contribution in [0.4, 0.5) is 5.69 Å². The van der Waals surface area contributed by atoms with E-state index in [9.17, 15) is 13.2 Å². The van der Waals surface area contributed by atoms with E-state index in [1.807, 2.05) is 23.6 Å². The van der Waals surface area contributed by atoms with Crippen LogP contribution in [0.15, 0.2) is 58.8 Å². The number of carbonyl (C=O) groups excluding carboxylic acids is 1. The number of sulfonamides is 1. The number of benzene rings is 1. The predicted octanol–water partition coefficient (Wildman–Crippen LogP) is 2.34. The summed E-state index contributed by atoms with van der Waals surface area (Å²) in [7, 11) is -0.563. The van der Waals surface area contributed by atoms with E-state index in [0.717, 1.165) is 15.7 Å². The van der Waals surface area contributed by atoms with E-state index < -0.39 is 10.0 Å². The van der Waals surface area contributed by atoms with Gasteiger partial charge in [-0.05, 0) is 43.3 Å². The van der Waals surface area contributed by atoms with Crippen LogP contribution < -0.4 is 5.32 Å². The predicted molar refractivity (Wildman–Crippen MR) is 116 cm³/mol. The second-order valence-electron chi connectivity index (χ2n) is 6.43. The number of nitrogens with one attached hydrogen (secondary N) is 1. The molecular weight excluding hydrogens is 424 g/mol. The van der Waals surface area contributed by atoms with Crippen LogP contribution in [0.3, 0.4) is 0 Å². The third-order valence-corrected chi connectivity index (χ3v) is 7.02. The van der Waals surface area contributed by atoms with Crippen molar-refractivity contribution in [3.05, 3.63) is 48.8 Å². The SMILES string of the molecule is CCn1c(SCC(=O)Nc2ccc(S(=O)(=O)N(C)C)cc2)nnc1-c1ccncc1. The Hall–Kier alpha value is -2.76. The lowest BCUT2D eigenvalue weighted by atomic mass is 10.2. The maximum Gasteiger partial charge on any atom is 0.242 e. The van der Waals surface area contributed by atoms with Gasteiger partial charge in [-0.15, -0.1) is 10.2 Å². The minimum atomic E-state index is -3.50. The zero-order chi connectivity index (χ0) is 21.7. The Morgan fingerprint density at radius 3 is 2.37 bits per heavy atom. The van der Waals surface area contributed by atoms with Gasteiger partial charge in [0.05, 0.1) is 10.6 Å². The van der Waals surface area contributed by atoms with Crippen molar-refractivity contribution in [2.75, 3.05) is 25.2 Å². The van der Waals surface area contributed by atoms with Gasteiger partial charge in [0.15, 0.2) is 11.0 Å². The maximum absolute atomic E-state index is 12.3. The van der Waals surface area contributed by atoms with Crippen molar-refractivity contribution in [1.82, 2.24) is 24.1 Å². The molecule has 0 aliphatic heterocycles. The Bertz CT molecular complexity index is 1110. The number of aromatic nitrogens is 4. The molecule has 158 valence electrons. The molecular formula is C19H22N6O3S2. The Labute approximate surface area is 179 Å². The smallest absolute Gasteiger partial charge is 0.242 e. The largest absolute Gasteiger partial charge is 0.325 e. The highest BCUT2D eigenvalue weighted by Crippen LogP contribution is 2.24. The van der Waals surface area contributed by atoms with Crippen LogP contribution in [0, 0.1) is 0 Å². The van der Waals surface area contributed by atoms with E-state index in [2.05, 4.69) is 20.5 Å². The fourth-order valence-corrected chi connectivity index (χ4v) is 4.35. The summed E-state index contributed by atoms with van der Waals surface area (Å²) in [6, 6.07) is 9.78. The van der Waals surface area contributed by atoms with Crippen molar-refractivity contribution < 1.29 is 13.2 Å². The molecule has 0 saturated carbocycles. The molecule has 0 unspecified atom stereocenters. The summed E-state index contributed by atoms with van der Waals surface area (Å²) in [5, 5.41) is 11.8. The second-order valence-corrected chi connectivity index (χ2v) is 9.53. The van der Waals surface area contributed by atoms with Gasteiger partial charge >= 0.3 is 0 Å². The summed E-state index contributed by atoms with van der Waals surface area (Å²) in [6.45, 7) is 2.65. The molecule has 0 bridgehead atoms. The lowest BCUT2D eigenvalue weighted by molar-refractivity contribution is -0.113. The van der Waals surface area contributed by atoms with Gasteiger partial charge < -0.3 is 9.88 Å². The minimum Gasteiger partial charge on any atom is -0.325 e. The second kappa shape index (κ2) is 9.37. The van der Waals surface area contributed by atoms with E-state index in [-0.39, 0.29) is 16.6 Å². The maximum atomic E-state index is 12.3. The van der Waals surface area contributed by atoms with Crippen molar-refractivity contribution in [1.29, 1.82) is 0 Å². The van der Waals surface area contributed by atoms with Crippen molar-refractivity contribution in [2.45, 2.75) is 23.5 Å². The summed E-state index contributed by atoms with van der Waals surface area (Å²) in [5.74, 6) is 0.645. The van der Waals surface area contributed by atoms with E-state index >= 15 is 0 Å². The highest BCUT2D eigenvalue weighted by atomic mass is 32.2. The fourth-order valence-electron chi connectivity index (χ4n) is 2.64. The van der Waals surface area contributed by atoms with Gasteiger partial charge in [-0.1, -0.05) is 11.8 Å². The highest BCUT2D eigenvalue weighted by Gasteiger charge is 2.17. The number of pyridine rings is 1.